The molecule has 0 fully saturated rings. The van der Waals surface area contributed by atoms with Crippen LogP contribution in [0.3, 0.4) is 0 Å². The molecule has 0 N–H and O–H groups in total. The van der Waals surface area contributed by atoms with Crippen LogP contribution in [0.4, 0.5) is 5.69 Å². The normalized spacial score (nSPS) is 10.2. The van der Waals surface area contributed by atoms with Crippen LogP contribution in [0.15, 0.2) is 53.4 Å². The number of non-ortho nitro benzene ring substituents is 1. The van der Waals surface area contributed by atoms with Crippen molar-refractivity contribution >= 4 is 17.4 Å². The molecule has 98 valence electrons. The molecule has 0 aromatic heterocycles. The molecule has 0 heterocycles. The Hall–Kier alpha value is -2.01. The second-order valence-corrected chi connectivity index (χ2v) is 4.88. The molecule has 0 aliphatic heterocycles. The summed E-state index contributed by atoms with van der Waals surface area (Å²) in [5.74, 6) is 1.59. The quantitative estimate of drug-likeness (QED) is 0.472. The highest BCUT2D eigenvalue weighted by molar-refractivity contribution is 7.98. The van der Waals surface area contributed by atoms with E-state index < -0.39 is 4.92 Å². The summed E-state index contributed by atoms with van der Waals surface area (Å²) in [4.78, 5) is 11.2. The zero-order valence-electron chi connectivity index (χ0n) is 10.4. The fourth-order valence-electron chi connectivity index (χ4n) is 1.61. The van der Waals surface area contributed by atoms with Crippen molar-refractivity contribution in [3.8, 4) is 5.75 Å². The third-order valence-corrected chi connectivity index (χ3v) is 3.74. The molecule has 5 heteroatoms. The summed E-state index contributed by atoms with van der Waals surface area (Å²) in [6.45, 7) is 0. The molecule has 0 unspecified atom stereocenters. The fourth-order valence-corrected chi connectivity index (χ4v) is 2.60. The minimum atomic E-state index is -0.392. The van der Waals surface area contributed by atoms with Gasteiger partial charge in [-0.3, -0.25) is 10.1 Å². The number of hydrogen-bond donors (Lipinski definition) is 0. The van der Waals surface area contributed by atoms with Gasteiger partial charge in [-0.2, -0.15) is 0 Å². The van der Waals surface area contributed by atoms with Crippen molar-refractivity contribution in [3.63, 3.8) is 0 Å². The minimum absolute atomic E-state index is 0.117. The highest BCUT2D eigenvalue weighted by Gasteiger charge is 2.06. The van der Waals surface area contributed by atoms with Gasteiger partial charge in [0.2, 0.25) is 0 Å². The molecule has 2 rings (SSSR count). The zero-order chi connectivity index (χ0) is 13.7. The second kappa shape index (κ2) is 6.24. The van der Waals surface area contributed by atoms with Crippen LogP contribution >= 0.6 is 11.8 Å². The molecular weight excluding hydrogens is 262 g/mol. The summed E-state index contributed by atoms with van der Waals surface area (Å²) in [7, 11) is 1.64. The lowest BCUT2D eigenvalue weighted by atomic mass is 10.2. The maximum absolute atomic E-state index is 10.6. The van der Waals surface area contributed by atoms with Crippen LogP contribution in [0.25, 0.3) is 0 Å². The molecule has 2 aromatic carbocycles. The number of rotatable bonds is 5. The summed E-state index contributed by atoms with van der Waals surface area (Å²) < 4.78 is 5.27. The minimum Gasteiger partial charge on any atom is -0.496 e. The number of methoxy groups -OCH3 is 1. The summed E-state index contributed by atoms with van der Waals surface area (Å²) >= 11 is 1.64. The van der Waals surface area contributed by atoms with E-state index in [1.807, 2.05) is 24.3 Å². The number of nitrogens with zero attached hydrogens (tertiary/aromatic N) is 1. The van der Waals surface area contributed by atoms with E-state index in [4.69, 9.17) is 4.74 Å². The predicted octanol–water partition coefficient (Wildman–Crippen LogP) is 3.90. The highest BCUT2D eigenvalue weighted by atomic mass is 32.2. The molecule has 0 aliphatic rings. The topological polar surface area (TPSA) is 52.4 Å². The second-order valence-electron chi connectivity index (χ2n) is 3.86. The van der Waals surface area contributed by atoms with Crippen LogP contribution in [-0.2, 0) is 5.75 Å². The summed E-state index contributed by atoms with van der Waals surface area (Å²) in [5, 5.41) is 10.6. The number of thioether (sulfide) groups is 1. The number of para-hydroxylation sites is 1. The number of ether oxygens (including phenoxy) is 1. The van der Waals surface area contributed by atoms with Crippen molar-refractivity contribution < 1.29 is 9.66 Å². The zero-order valence-corrected chi connectivity index (χ0v) is 11.2. The van der Waals surface area contributed by atoms with Crippen molar-refractivity contribution in [3.05, 3.63) is 64.2 Å². The highest BCUT2D eigenvalue weighted by Crippen LogP contribution is 2.31. The first-order chi connectivity index (χ1) is 9.20. The number of nitro groups is 1. The third kappa shape index (κ3) is 3.48. The molecule has 0 radical (unpaired) electrons. The van der Waals surface area contributed by atoms with Crippen LogP contribution in [0.1, 0.15) is 5.56 Å². The Kier molecular flexibility index (Phi) is 4.41. The van der Waals surface area contributed by atoms with E-state index in [0.717, 1.165) is 22.0 Å². The molecule has 19 heavy (non-hydrogen) atoms. The van der Waals surface area contributed by atoms with Gasteiger partial charge in [0.1, 0.15) is 5.75 Å². The maximum Gasteiger partial charge on any atom is 0.269 e. The van der Waals surface area contributed by atoms with E-state index in [1.54, 1.807) is 31.0 Å². The molecule has 0 aliphatic carbocycles. The lowest BCUT2D eigenvalue weighted by Gasteiger charge is -2.07. The summed E-state index contributed by atoms with van der Waals surface area (Å²) in [6.07, 6.45) is 0. The van der Waals surface area contributed by atoms with Crippen LogP contribution in [0, 0.1) is 10.1 Å². The van der Waals surface area contributed by atoms with Crippen molar-refractivity contribution in [2.24, 2.45) is 0 Å². The Balaban J connectivity index is 2.04. The van der Waals surface area contributed by atoms with Gasteiger partial charge >= 0.3 is 0 Å². The standard InChI is InChI=1S/C14H13NO3S/c1-18-13-4-2-3-5-14(13)19-10-11-6-8-12(9-7-11)15(16)17/h2-9H,10H2,1H3. The Morgan fingerprint density at radius 1 is 1.16 bits per heavy atom. The summed E-state index contributed by atoms with van der Waals surface area (Å²) in [6, 6.07) is 14.4. The van der Waals surface area contributed by atoms with E-state index in [9.17, 15) is 10.1 Å². The largest absolute Gasteiger partial charge is 0.496 e. The van der Waals surface area contributed by atoms with Gasteiger partial charge in [-0.25, -0.2) is 0 Å². The van der Waals surface area contributed by atoms with E-state index in [-0.39, 0.29) is 5.69 Å². The first-order valence-corrected chi connectivity index (χ1v) is 6.68. The first kappa shape index (κ1) is 13.4. The van der Waals surface area contributed by atoms with Crippen molar-refractivity contribution in [1.82, 2.24) is 0 Å². The van der Waals surface area contributed by atoms with Crippen LogP contribution in [0.5, 0.6) is 5.75 Å². The fraction of sp³-hybridized carbons (Fsp3) is 0.143. The maximum atomic E-state index is 10.6. The van der Waals surface area contributed by atoms with Gasteiger partial charge in [-0.15, -0.1) is 11.8 Å². The summed E-state index contributed by atoms with van der Waals surface area (Å²) in [5.41, 5.74) is 1.16. The number of nitro benzene ring substituents is 1. The van der Waals surface area contributed by atoms with Gasteiger partial charge in [-0.1, -0.05) is 24.3 Å². The van der Waals surface area contributed by atoms with Crippen molar-refractivity contribution in [2.45, 2.75) is 10.6 Å². The Morgan fingerprint density at radius 3 is 2.47 bits per heavy atom. The molecule has 0 bridgehead atoms. The lowest BCUT2D eigenvalue weighted by molar-refractivity contribution is -0.384. The average Bonchev–Trinajstić information content (AvgIpc) is 2.45. The molecule has 0 saturated carbocycles. The van der Waals surface area contributed by atoms with Gasteiger partial charge in [-0.05, 0) is 17.7 Å². The Labute approximate surface area is 115 Å². The number of hydrogen-bond acceptors (Lipinski definition) is 4. The van der Waals surface area contributed by atoms with Crippen molar-refractivity contribution in [2.75, 3.05) is 7.11 Å². The van der Waals surface area contributed by atoms with E-state index in [1.165, 1.54) is 12.1 Å². The van der Waals surface area contributed by atoms with Gasteiger partial charge in [0, 0.05) is 22.8 Å². The first-order valence-electron chi connectivity index (χ1n) is 5.70. The Bertz CT molecular complexity index is 569. The molecule has 0 spiro atoms. The van der Waals surface area contributed by atoms with Crippen molar-refractivity contribution in [1.29, 1.82) is 0 Å². The van der Waals surface area contributed by atoms with E-state index >= 15 is 0 Å². The van der Waals surface area contributed by atoms with Gasteiger partial charge in [0.25, 0.3) is 5.69 Å². The average molecular weight is 275 g/mol. The molecule has 4 nitrogen and oxygen atoms in total. The lowest BCUT2D eigenvalue weighted by Crippen LogP contribution is -1.89. The van der Waals surface area contributed by atoms with Gasteiger partial charge in [0.15, 0.2) is 0 Å². The van der Waals surface area contributed by atoms with E-state index in [2.05, 4.69) is 0 Å². The number of benzene rings is 2. The molecular formula is C14H13NO3S. The predicted molar refractivity (Wildman–Crippen MR) is 75.7 cm³/mol. The van der Waals surface area contributed by atoms with Gasteiger partial charge in [0.05, 0.1) is 12.0 Å². The van der Waals surface area contributed by atoms with Crippen LogP contribution < -0.4 is 4.74 Å². The van der Waals surface area contributed by atoms with Crippen LogP contribution in [0.2, 0.25) is 0 Å². The Morgan fingerprint density at radius 2 is 1.84 bits per heavy atom. The van der Waals surface area contributed by atoms with Gasteiger partial charge < -0.3 is 4.74 Å². The molecule has 0 atom stereocenters. The molecule has 2 aromatic rings. The van der Waals surface area contributed by atoms with Crippen LogP contribution in [-0.4, -0.2) is 12.0 Å². The molecule has 0 saturated heterocycles. The smallest absolute Gasteiger partial charge is 0.269 e. The van der Waals surface area contributed by atoms with E-state index in [0.29, 0.717) is 0 Å². The molecule has 0 amide bonds. The third-order valence-electron chi connectivity index (χ3n) is 2.61. The monoisotopic (exact) mass is 275 g/mol. The SMILES string of the molecule is COc1ccccc1SCc1ccc([N+](=O)[O-])cc1.